The third-order valence-electron chi connectivity index (χ3n) is 3.65. The summed E-state index contributed by atoms with van der Waals surface area (Å²) in [6.07, 6.45) is 3.49. The van der Waals surface area contributed by atoms with Crippen LogP contribution in [0, 0.1) is 0 Å². The molecule has 1 aromatic carbocycles. The zero-order valence-corrected chi connectivity index (χ0v) is 13.5. The molecule has 0 spiro atoms. The van der Waals surface area contributed by atoms with E-state index in [0.717, 1.165) is 23.9 Å². The van der Waals surface area contributed by atoms with Crippen LogP contribution in [0.5, 0.6) is 0 Å². The molecule has 1 aliphatic heterocycles. The van der Waals surface area contributed by atoms with Gasteiger partial charge in [0, 0.05) is 17.6 Å². The number of nitrogens with zero attached hydrogens (tertiary/aromatic N) is 2. The lowest BCUT2D eigenvalue weighted by molar-refractivity contribution is -0.122. The van der Waals surface area contributed by atoms with E-state index in [1.54, 1.807) is 12.1 Å². The number of carbonyl (C=O) groups excluding carboxylic acids is 1. The van der Waals surface area contributed by atoms with Gasteiger partial charge in [0.15, 0.2) is 0 Å². The Morgan fingerprint density at radius 2 is 2.36 bits per heavy atom. The molecule has 0 unspecified atom stereocenters. The van der Waals surface area contributed by atoms with Crippen molar-refractivity contribution in [1.29, 1.82) is 0 Å². The number of hydrogen-bond donors (Lipinski definition) is 1. The molecule has 1 atom stereocenters. The third kappa shape index (κ3) is 3.36. The number of benzene rings is 1. The fraction of sp³-hybridized carbons (Fsp3) is 0.400. The minimum atomic E-state index is -0.224. The first-order valence-electron chi connectivity index (χ1n) is 7.16. The Labute approximate surface area is 135 Å². The van der Waals surface area contributed by atoms with Gasteiger partial charge in [0.05, 0.1) is 23.3 Å². The van der Waals surface area contributed by atoms with Crippen molar-refractivity contribution in [2.75, 3.05) is 13.2 Å². The van der Waals surface area contributed by atoms with Gasteiger partial charge in [-0.25, -0.2) is 4.98 Å². The molecule has 116 valence electrons. The highest BCUT2D eigenvalue weighted by Gasteiger charge is 2.16. The van der Waals surface area contributed by atoms with Crippen LogP contribution < -0.4 is 10.9 Å². The molecule has 0 radical (unpaired) electrons. The fourth-order valence-electron chi connectivity index (χ4n) is 2.49. The van der Waals surface area contributed by atoms with Gasteiger partial charge in [-0.1, -0.05) is 15.9 Å². The van der Waals surface area contributed by atoms with Crippen molar-refractivity contribution < 1.29 is 9.53 Å². The molecular formula is C15H16BrN3O3. The van der Waals surface area contributed by atoms with Crippen molar-refractivity contribution in [3.05, 3.63) is 39.4 Å². The van der Waals surface area contributed by atoms with E-state index in [-0.39, 0.29) is 24.1 Å². The second kappa shape index (κ2) is 6.58. The molecule has 1 saturated heterocycles. The number of hydrogen-bond acceptors (Lipinski definition) is 4. The molecule has 1 aromatic heterocycles. The molecular weight excluding hydrogens is 350 g/mol. The molecule has 0 aliphatic carbocycles. The van der Waals surface area contributed by atoms with Gasteiger partial charge in [0.2, 0.25) is 5.91 Å². The Kier molecular flexibility index (Phi) is 4.54. The highest BCUT2D eigenvalue weighted by molar-refractivity contribution is 9.10. The Hall–Kier alpha value is -1.73. The summed E-state index contributed by atoms with van der Waals surface area (Å²) in [5, 5.41) is 3.29. The molecule has 7 heteroatoms. The second-order valence-electron chi connectivity index (χ2n) is 5.28. The standard InChI is InChI=1S/C15H16BrN3O3/c16-10-3-4-13-12(6-10)15(21)19(9-18-13)8-14(20)17-7-11-2-1-5-22-11/h3-4,6,9,11H,1-2,5,7-8H2,(H,17,20)/t11-/m1/s1. The number of fused-ring (bicyclic) bond motifs is 1. The van der Waals surface area contributed by atoms with Crippen molar-refractivity contribution in [3.63, 3.8) is 0 Å². The molecule has 2 aromatic rings. The highest BCUT2D eigenvalue weighted by atomic mass is 79.9. The third-order valence-corrected chi connectivity index (χ3v) is 4.14. The van der Waals surface area contributed by atoms with Crippen molar-refractivity contribution in [1.82, 2.24) is 14.9 Å². The fourth-order valence-corrected chi connectivity index (χ4v) is 2.85. The Morgan fingerprint density at radius 1 is 1.50 bits per heavy atom. The average molecular weight is 366 g/mol. The lowest BCUT2D eigenvalue weighted by Gasteiger charge is -2.11. The van der Waals surface area contributed by atoms with E-state index in [1.807, 2.05) is 6.07 Å². The molecule has 0 bridgehead atoms. The van der Waals surface area contributed by atoms with Crippen LogP contribution in [0.4, 0.5) is 0 Å². The van der Waals surface area contributed by atoms with Crippen LogP contribution in [0.25, 0.3) is 10.9 Å². The van der Waals surface area contributed by atoms with Gasteiger partial charge in [0.25, 0.3) is 5.56 Å². The van der Waals surface area contributed by atoms with Gasteiger partial charge in [-0.2, -0.15) is 0 Å². The van der Waals surface area contributed by atoms with E-state index in [9.17, 15) is 9.59 Å². The van der Waals surface area contributed by atoms with Crippen molar-refractivity contribution in [2.45, 2.75) is 25.5 Å². The first-order chi connectivity index (χ1) is 10.6. The number of aromatic nitrogens is 2. The van der Waals surface area contributed by atoms with Crippen LogP contribution in [0.1, 0.15) is 12.8 Å². The molecule has 1 fully saturated rings. The van der Waals surface area contributed by atoms with Crippen molar-refractivity contribution in [2.24, 2.45) is 0 Å². The molecule has 0 saturated carbocycles. The minimum absolute atomic E-state index is 0.0407. The number of amides is 1. The van der Waals surface area contributed by atoms with Gasteiger partial charge in [-0.05, 0) is 31.0 Å². The SMILES string of the molecule is O=C(Cn1cnc2ccc(Br)cc2c1=O)NC[C@H]1CCCO1. The molecule has 6 nitrogen and oxygen atoms in total. The number of ether oxygens (including phenoxy) is 1. The van der Waals surface area contributed by atoms with Crippen LogP contribution in [0.3, 0.4) is 0 Å². The average Bonchev–Trinajstić information content (AvgIpc) is 3.02. The highest BCUT2D eigenvalue weighted by Crippen LogP contribution is 2.14. The summed E-state index contributed by atoms with van der Waals surface area (Å²) in [4.78, 5) is 28.5. The van der Waals surface area contributed by atoms with E-state index in [0.29, 0.717) is 17.4 Å². The Bertz CT molecular complexity index is 753. The quantitative estimate of drug-likeness (QED) is 0.889. The van der Waals surface area contributed by atoms with Crippen LogP contribution in [0.2, 0.25) is 0 Å². The predicted octanol–water partition coefficient (Wildman–Crippen LogP) is 1.45. The summed E-state index contributed by atoms with van der Waals surface area (Å²) in [6.45, 7) is 1.20. The van der Waals surface area contributed by atoms with Crippen LogP contribution in [-0.4, -0.2) is 34.7 Å². The van der Waals surface area contributed by atoms with Gasteiger partial charge in [-0.15, -0.1) is 0 Å². The lowest BCUT2D eigenvalue weighted by atomic mass is 10.2. The number of rotatable bonds is 4. The Balaban J connectivity index is 1.71. The summed E-state index contributed by atoms with van der Waals surface area (Å²) in [5.74, 6) is -0.214. The molecule has 1 N–H and O–H groups in total. The molecule has 1 amide bonds. The topological polar surface area (TPSA) is 73.2 Å². The zero-order valence-electron chi connectivity index (χ0n) is 11.9. The zero-order chi connectivity index (χ0) is 15.5. The lowest BCUT2D eigenvalue weighted by Crippen LogP contribution is -2.36. The smallest absolute Gasteiger partial charge is 0.261 e. The van der Waals surface area contributed by atoms with Gasteiger partial charge < -0.3 is 10.1 Å². The summed E-state index contributed by atoms with van der Waals surface area (Å²) >= 11 is 3.34. The van der Waals surface area contributed by atoms with Crippen LogP contribution in [0.15, 0.2) is 33.8 Å². The first kappa shape index (κ1) is 15.2. The summed E-state index contributed by atoms with van der Waals surface area (Å²) in [6, 6.07) is 5.31. The van der Waals surface area contributed by atoms with Gasteiger partial charge in [0.1, 0.15) is 6.54 Å². The summed E-state index contributed by atoms with van der Waals surface area (Å²) in [5.41, 5.74) is 0.391. The van der Waals surface area contributed by atoms with E-state index in [4.69, 9.17) is 4.74 Å². The maximum atomic E-state index is 12.4. The molecule has 22 heavy (non-hydrogen) atoms. The van der Waals surface area contributed by atoms with E-state index < -0.39 is 0 Å². The second-order valence-corrected chi connectivity index (χ2v) is 6.19. The number of carbonyl (C=O) groups is 1. The molecule has 3 rings (SSSR count). The van der Waals surface area contributed by atoms with E-state index in [2.05, 4.69) is 26.2 Å². The number of halogens is 1. The maximum absolute atomic E-state index is 12.4. The normalized spacial score (nSPS) is 17.8. The Morgan fingerprint density at radius 3 is 3.14 bits per heavy atom. The van der Waals surface area contributed by atoms with Gasteiger partial charge in [-0.3, -0.25) is 14.2 Å². The van der Waals surface area contributed by atoms with Crippen LogP contribution in [-0.2, 0) is 16.1 Å². The summed E-state index contributed by atoms with van der Waals surface area (Å²) in [7, 11) is 0. The predicted molar refractivity (Wildman–Crippen MR) is 85.7 cm³/mol. The van der Waals surface area contributed by atoms with Crippen LogP contribution >= 0.6 is 15.9 Å². The van der Waals surface area contributed by atoms with Crippen molar-refractivity contribution in [3.8, 4) is 0 Å². The monoisotopic (exact) mass is 365 g/mol. The van der Waals surface area contributed by atoms with E-state index >= 15 is 0 Å². The summed E-state index contributed by atoms with van der Waals surface area (Å²) < 4.78 is 7.57. The first-order valence-corrected chi connectivity index (χ1v) is 7.96. The van der Waals surface area contributed by atoms with Crippen molar-refractivity contribution >= 4 is 32.7 Å². The molecule has 1 aliphatic rings. The maximum Gasteiger partial charge on any atom is 0.261 e. The van der Waals surface area contributed by atoms with E-state index in [1.165, 1.54) is 10.9 Å². The molecule has 2 heterocycles. The largest absolute Gasteiger partial charge is 0.376 e. The minimum Gasteiger partial charge on any atom is -0.376 e. The number of nitrogens with one attached hydrogen (secondary N) is 1. The van der Waals surface area contributed by atoms with Gasteiger partial charge >= 0.3 is 0 Å².